The van der Waals surface area contributed by atoms with Crippen LogP contribution in [0.4, 0.5) is 0 Å². The van der Waals surface area contributed by atoms with E-state index in [9.17, 15) is 9.59 Å². The molecule has 1 amide bonds. The minimum Gasteiger partial charge on any atom is -0.481 e. The highest BCUT2D eigenvalue weighted by Crippen LogP contribution is 2.26. The Kier molecular flexibility index (Phi) is 2.97. The molecule has 1 fully saturated rings. The Morgan fingerprint density at radius 3 is 2.70 bits per heavy atom. The minimum atomic E-state index is -0.850. The molecule has 2 heterocycles. The number of carboxylic acid groups (broad SMARTS) is 1. The Labute approximate surface area is 115 Å². The van der Waals surface area contributed by atoms with Crippen molar-refractivity contribution in [2.24, 2.45) is 11.8 Å². The molecular weight excluding hydrogens is 258 g/mol. The first-order valence-electron chi connectivity index (χ1n) is 6.57. The van der Waals surface area contributed by atoms with E-state index in [0.29, 0.717) is 12.1 Å². The van der Waals surface area contributed by atoms with Crippen LogP contribution in [-0.2, 0) is 4.79 Å². The van der Waals surface area contributed by atoms with Gasteiger partial charge in [0.2, 0.25) is 0 Å². The van der Waals surface area contributed by atoms with Crippen LogP contribution in [0.1, 0.15) is 17.5 Å². The highest BCUT2D eigenvalue weighted by Gasteiger charge is 2.37. The van der Waals surface area contributed by atoms with Gasteiger partial charge in [0.05, 0.1) is 5.92 Å². The van der Waals surface area contributed by atoms with Gasteiger partial charge in [-0.05, 0) is 18.1 Å². The topological polar surface area (TPSA) is 70.8 Å². The Hall–Kier alpha value is -2.30. The van der Waals surface area contributed by atoms with Crippen LogP contribution < -0.4 is 0 Å². The Balaban J connectivity index is 1.84. The molecule has 1 aliphatic heterocycles. The number of aliphatic carboxylic acids is 1. The molecule has 1 saturated heterocycles. The second kappa shape index (κ2) is 4.67. The summed E-state index contributed by atoms with van der Waals surface area (Å²) >= 11 is 0. The second-order valence-electron chi connectivity index (χ2n) is 5.28. The van der Waals surface area contributed by atoms with Gasteiger partial charge < -0.3 is 14.4 Å². The summed E-state index contributed by atoms with van der Waals surface area (Å²) in [7, 11) is 0. The molecule has 2 aromatic rings. The summed E-state index contributed by atoms with van der Waals surface area (Å²) in [6.07, 6.45) is 0. The fraction of sp³-hybridized carbons (Fsp3) is 0.333. The monoisotopic (exact) mass is 273 g/mol. The van der Waals surface area contributed by atoms with Crippen LogP contribution in [0.25, 0.3) is 11.0 Å². The number of fused-ring (bicyclic) bond motifs is 1. The molecule has 0 spiro atoms. The van der Waals surface area contributed by atoms with Crippen LogP contribution >= 0.6 is 0 Å². The van der Waals surface area contributed by atoms with E-state index in [-0.39, 0.29) is 24.1 Å². The second-order valence-corrected chi connectivity index (χ2v) is 5.28. The SMILES string of the molecule is C[C@@H]1CN(C(=O)c2cc3ccccc3o2)C[C@H]1C(=O)O. The van der Waals surface area contributed by atoms with Crippen LogP contribution in [0.5, 0.6) is 0 Å². The number of carbonyl (C=O) groups is 2. The summed E-state index contributed by atoms with van der Waals surface area (Å²) in [5.41, 5.74) is 0.665. The number of furan rings is 1. The van der Waals surface area contributed by atoms with Crippen molar-refractivity contribution in [3.8, 4) is 0 Å². The van der Waals surface area contributed by atoms with Crippen molar-refractivity contribution < 1.29 is 19.1 Å². The van der Waals surface area contributed by atoms with Gasteiger partial charge >= 0.3 is 5.97 Å². The summed E-state index contributed by atoms with van der Waals surface area (Å²) in [6, 6.07) is 9.11. The fourth-order valence-electron chi connectivity index (χ4n) is 2.70. The van der Waals surface area contributed by atoms with Crippen molar-refractivity contribution in [2.75, 3.05) is 13.1 Å². The number of rotatable bonds is 2. The van der Waals surface area contributed by atoms with Crippen LogP contribution in [0.15, 0.2) is 34.7 Å². The molecule has 0 radical (unpaired) electrons. The van der Waals surface area contributed by atoms with Gasteiger partial charge in [-0.1, -0.05) is 25.1 Å². The standard InChI is InChI=1S/C15H15NO4/c1-9-7-16(8-11(9)15(18)19)14(17)13-6-10-4-2-3-5-12(10)20-13/h2-6,9,11H,7-8H2,1H3,(H,18,19)/t9-,11-/m1/s1. The number of carboxylic acids is 1. The number of hydrogen-bond acceptors (Lipinski definition) is 3. The van der Waals surface area contributed by atoms with E-state index in [1.54, 1.807) is 17.0 Å². The molecule has 0 bridgehead atoms. The largest absolute Gasteiger partial charge is 0.481 e. The number of para-hydroxylation sites is 1. The van der Waals surface area contributed by atoms with Gasteiger partial charge in [0.1, 0.15) is 5.58 Å². The van der Waals surface area contributed by atoms with E-state index in [1.807, 2.05) is 25.1 Å². The van der Waals surface area contributed by atoms with Gasteiger partial charge in [-0.2, -0.15) is 0 Å². The fourth-order valence-corrected chi connectivity index (χ4v) is 2.70. The lowest BCUT2D eigenvalue weighted by atomic mass is 9.99. The third-order valence-electron chi connectivity index (χ3n) is 3.85. The molecule has 1 N–H and O–H groups in total. The molecule has 5 nitrogen and oxygen atoms in total. The first-order valence-corrected chi connectivity index (χ1v) is 6.57. The molecule has 0 aliphatic carbocycles. The number of carbonyl (C=O) groups excluding carboxylic acids is 1. The number of benzene rings is 1. The average molecular weight is 273 g/mol. The van der Waals surface area contributed by atoms with Gasteiger partial charge in [0, 0.05) is 18.5 Å². The summed E-state index contributed by atoms with van der Waals surface area (Å²) in [5, 5.41) is 9.98. The van der Waals surface area contributed by atoms with Crippen molar-refractivity contribution in [3.05, 3.63) is 36.1 Å². The maximum absolute atomic E-state index is 12.4. The number of amides is 1. The summed E-state index contributed by atoms with van der Waals surface area (Å²) in [5.74, 6) is -1.36. The Bertz CT molecular complexity index is 642. The quantitative estimate of drug-likeness (QED) is 0.910. The average Bonchev–Trinajstić information content (AvgIpc) is 3.01. The predicted molar refractivity (Wildman–Crippen MR) is 72.4 cm³/mol. The molecule has 2 atom stereocenters. The Morgan fingerprint density at radius 2 is 2.05 bits per heavy atom. The van der Waals surface area contributed by atoms with E-state index >= 15 is 0 Å². The third kappa shape index (κ3) is 2.05. The first kappa shape index (κ1) is 12.7. The van der Waals surface area contributed by atoms with Crippen molar-refractivity contribution in [3.63, 3.8) is 0 Å². The number of nitrogens with zero attached hydrogens (tertiary/aromatic N) is 1. The van der Waals surface area contributed by atoms with Gasteiger partial charge in [0.25, 0.3) is 5.91 Å². The van der Waals surface area contributed by atoms with E-state index < -0.39 is 11.9 Å². The molecular formula is C15H15NO4. The molecule has 1 aromatic carbocycles. The maximum Gasteiger partial charge on any atom is 0.308 e. The van der Waals surface area contributed by atoms with Gasteiger partial charge in [-0.3, -0.25) is 9.59 Å². The van der Waals surface area contributed by atoms with Crippen LogP contribution in [0.3, 0.4) is 0 Å². The normalized spacial score (nSPS) is 22.4. The van der Waals surface area contributed by atoms with Crippen molar-refractivity contribution in [1.29, 1.82) is 0 Å². The summed E-state index contributed by atoms with van der Waals surface area (Å²) in [4.78, 5) is 25.0. The van der Waals surface area contributed by atoms with Crippen LogP contribution in [0.2, 0.25) is 0 Å². The predicted octanol–water partition coefficient (Wildman–Crippen LogP) is 2.23. The molecule has 5 heteroatoms. The van der Waals surface area contributed by atoms with E-state index in [0.717, 1.165) is 5.39 Å². The highest BCUT2D eigenvalue weighted by molar-refractivity contribution is 5.96. The van der Waals surface area contributed by atoms with E-state index in [2.05, 4.69) is 0 Å². The zero-order valence-corrected chi connectivity index (χ0v) is 11.1. The minimum absolute atomic E-state index is 0.0409. The summed E-state index contributed by atoms with van der Waals surface area (Å²) < 4.78 is 5.53. The number of likely N-dealkylation sites (tertiary alicyclic amines) is 1. The van der Waals surface area contributed by atoms with Crippen molar-refractivity contribution >= 4 is 22.8 Å². The molecule has 0 unspecified atom stereocenters. The first-order chi connectivity index (χ1) is 9.56. The zero-order chi connectivity index (χ0) is 14.3. The molecule has 1 aromatic heterocycles. The third-order valence-corrected chi connectivity index (χ3v) is 3.85. The van der Waals surface area contributed by atoms with Gasteiger partial charge in [-0.15, -0.1) is 0 Å². The van der Waals surface area contributed by atoms with Crippen LogP contribution in [-0.4, -0.2) is 35.0 Å². The van der Waals surface area contributed by atoms with E-state index in [4.69, 9.17) is 9.52 Å². The molecule has 104 valence electrons. The van der Waals surface area contributed by atoms with Crippen LogP contribution in [0, 0.1) is 11.8 Å². The zero-order valence-electron chi connectivity index (χ0n) is 11.1. The smallest absolute Gasteiger partial charge is 0.308 e. The Morgan fingerprint density at radius 1 is 1.30 bits per heavy atom. The van der Waals surface area contributed by atoms with Gasteiger partial charge in [0.15, 0.2) is 5.76 Å². The van der Waals surface area contributed by atoms with Gasteiger partial charge in [-0.25, -0.2) is 0 Å². The van der Waals surface area contributed by atoms with Crippen molar-refractivity contribution in [2.45, 2.75) is 6.92 Å². The molecule has 1 aliphatic rings. The number of hydrogen-bond donors (Lipinski definition) is 1. The summed E-state index contributed by atoms with van der Waals surface area (Å²) in [6.45, 7) is 2.55. The maximum atomic E-state index is 12.4. The van der Waals surface area contributed by atoms with E-state index in [1.165, 1.54) is 0 Å². The lowest BCUT2D eigenvalue weighted by Gasteiger charge is -2.13. The lowest BCUT2D eigenvalue weighted by Crippen LogP contribution is -2.29. The molecule has 0 saturated carbocycles. The molecule has 3 rings (SSSR count). The lowest BCUT2D eigenvalue weighted by molar-refractivity contribution is -0.142. The highest BCUT2D eigenvalue weighted by atomic mass is 16.4. The van der Waals surface area contributed by atoms with Crippen molar-refractivity contribution in [1.82, 2.24) is 4.90 Å². The molecule has 20 heavy (non-hydrogen) atoms.